The van der Waals surface area contributed by atoms with Crippen LogP contribution in [0.2, 0.25) is 0 Å². The number of aromatic nitrogens is 3. The van der Waals surface area contributed by atoms with Crippen molar-refractivity contribution in [1.82, 2.24) is 19.7 Å². The fraction of sp³-hybridized carbons (Fsp3) is 0.423. The number of nitrogens with two attached hydrogens (primary N) is 1. The van der Waals surface area contributed by atoms with Gasteiger partial charge in [-0.2, -0.15) is 5.10 Å². The minimum atomic E-state index is -0.643. The number of benzene rings is 1. The maximum absolute atomic E-state index is 13.4. The molecule has 1 aromatic carbocycles. The Kier molecular flexibility index (Phi) is 4.79. The van der Waals surface area contributed by atoms with Crippen LogP contribution in [0.4, 0.5) is 0 Å². The molecule has 3 heterocycles. The second-order valence-electron chi connectivity index (χ2n) is 10.0. The van der Waals surface area contributed by atoms with Crippen molar-refractivity contribution in [3.05, 3.63) is 59.5 Å². The smallest absolute Gasteiger partial charge is 0.269 e. The molecule has 5 atom stereocenters. The number of pyridine rings is 1. The van der Waals surface area contributed by atoms with E-state index in [4.69, 9.17) is 5.73 Å². The summed E-state index contributed by atoms with van der Waals surface area (Å²) in [7, 11) is 0. The van der Waals surface area contributed by atoms with E-state index in [1.807, 2.05) is 25.1 Å². The summed E-state index contributed by atoms with van der Waals surface area (Å²) >= 11 is 0. The van der Waals surface area contributed by atoms with Gasteiger partial charge in [-0.05, 0) is 55.6 Å². The molecule has 1 aliphatic heterocycles. The number of hydrogen-bond donors (Lipinski definition) is 1. The van der Waals surface area contributed by atoms with Crippen molar-refractivity contribution >= 4 is 28.5 Å². The van der Waals surface area contributed by atoms with Crippen molar-refractivity contribution in [2.75, 3.05) is 0 Å². The summed E-state index contributed by atoms with van der Waals surface area (Å²) in [5.74, 6) is 0.622. The van der Waals surface area contributed by atoms with Crippen LogP contribution in [0.1, 0.15) is 53.3 Å². The molecule has 8 nitrogen and oxygen atoms in total. The zero-order valence-electron chi connectivity index (χ0n) is 19.1. The maximum Gasteiger partial charge on any atom is 0.269 e. The Morgan fingerprint density at radius 3 is 2.68 bits per heavy atom. The van der Waals surface area contributed by atoms with E-state index in [0.717, 1.165) is 25.0 Å². The first-order valence-electron chi connectivity index (χ1n) is 11.9. The standard InChI is InChI=1S/C26H27N5O3/c1-14-7-19-22(12-28-14)30(29-25(19)26(27)34)13-24(33)31-20-9-17(20)10-21(31)23(32)11-16-8-18(16)15-5-3-2-4-6-15/h2-7,12,16-18,20-21H,8-11,13H2,1H3,(H2,27,34)/t16-,17+,18-,20+,21-/m0/s1. The van der Waals surface area contributed by atoms with E-state index in [2.05, 4.69) is 22.2 Å². The number of nitrogens with zero attached hydrogens (tertiary/aromatic N) is 4. The van der Waals surface area contributed by atoms with Crippen LogP contribution >= 0.6 is 0 Å². The highest BCUT2D eigenvalue weighted by Crippen LogP contribution is 2.52. The van der Waals surface area contributed by atoms with E-state index in [0.29, 0.717) is 35.1 Å². The van der Waals surface area contributed by atoms with Crippen LogP contribution in [0.5, 0.6) is 0 Å². The van der Waals surface area contributed by atoms with Gasteiger partial charge < -0.3 is 10.6 Å². The number of carbonyl (C=O) groups is 3. The van der Waals surface area contributed by atoms with Crippen LogP contribution in [-0.2, 0) is 16.1 Å². The molecule has 0 spiro atoms. The van der Waals surface area contributed by atoms with Crippen LogP contribution in [0.15, 0.2) is 42.6 Å². The molecule has 0 bridgehead atoms. The number of fused-ring (bicyclic) bond motifs is 2. The molecule has 2 aliphatic carbocycles. The molecule has 2 amide bonds. The zero-order chi connectivity index (χ0) is 23.6. The minimum Gasteiger partial charge on any atom is -0.364 e. The normalized spacial score (nSPS) is 27.0. The van der Waals surface area contributed by atoms with E-state index >= 15 is 0 Å². The number of rotatable bonds is 7. The molecule has 2 saturated carbocycles. The minimum absolute atomic E-state index is 0.0441. The van der Waals surface area contributed by atoms with E-state index in [-0.39, 0.29) is 36.0 Å². The van der Waals surface area contributed by atoms with Crippen LogP contribution in [0, 0.1) is 18.8 Å². The Labute approximate surface area is 197 Å². The Balaban J connectivity index is 1.18. The third kappa shape index (κ3) is 3.57. The van der Waals surface area contributed by atoms with E-state index < -0.39 is 5.91 Å². The Morgan fingerprint density at radius 2 is 1.91 bits per heavy atom. The molecule has 3 aromatic rings. The Hall–Kier alpha value is -3.55. The molecule has 2 aromatic heterocycles. The number of hydrogen-bond acceptors (Lipinski definition) is 5. The van der Waals surface area contributed by atoms with Crippen molar-refractivity contribution in [1.29, 1.82) is 0 Å². The van der Waals surface area contributed by atoms with E-state index in [9.17, 15) is 14.4 Å². The van der Waals surface area contributed by atoms with Crippen LogP contribution in [-0.4, -0.2) is 49.3 Å². The number of primary amides is 1. The first kappa shape index (κ1) is 21.0. The molecule has 2 N–H and O–H groups in total. The van der Waals surface area contributed by atoms with Crippen LogP contribution in [0.25, 0.3) is 10.9 Å². The van der Waals surface area contributed by atoms with Gasteiger partial charge in [-0.1, -0.05) is 30.3 Å². The topological polar surface area (TPSA) is 111 Å². The molecule has 3 aliphatic rings. The van der Waals surface area contributed by atoms with E-state index in [1.165, 1.54) is 10.2 Å². The lowest BCUT2D eigenvalue weighted by Crippen LogP contribution is -2.44. The summed E-state index contributed by atoms with van der Waals surface area (Å²) in [4.78, 5) is 44.7. The third-order valence-corrected chi connectivity index (χ3v) is 7.67. The van der Waals surface area contributed by atoms with Gasteiger partial charge >= 0.3 is 0 Å². The quantitative estimate of drug-likeness (QED) is 0.586. The maximum atomic E-state index is 13.4. The molecule has 0 unspecified atom stereocenters. The summed E-state index contributed by atoms with van der Waals surface area (Å²) in [5.41, 5.74) is 8.27. The number of aryl methyl sites for hydroxylation is 1. The van der Waals surface area contributed by atoms with E-state index in [1.54, 1.807) is 17.2 Å². The van der Waals surface area contributed by atoms with Gasteiger partial charge in [0.25, 0.3) is 5.91 Å². The van der Waals surface area contributed by atoms with Gasteiger partial charge in [0, 0.05) is 23.5 Å². The van der Waals surface area contributed by atoms with Crippen molar-refractivity contribution in [2.45, 2.75) is 57.2 Å². The fourth-order valence-corrected chi connectivity index (χ4v) is 5.77. The predicted molar refractivity (Wildman–Crippen MR) is 125 cm³/mol. The lowest BCUT2D eigenvalue weighted by molar-refractivity contribution is -0.139. The fourth-order valence-electron chi connectivity index (χ4n) is 5.77. The number of piperidine rings is 1. The molecule has 8 heteroatoms. The SMILES string of the molecule is Cc1cc2c(C(N)=O)nn(CC(=O)N3[C@@H]4C[C@@H]4C[C@H]3C(=O)C[C@@H]3C[C@H]3c3ccccc3)c2cn1. The lowest BCUT2D eigenvalue weighted by Gasteiger charge is -2.27. The largest absolute Gasteiger partial charge is 0.364 e. The summed E-state index contributed by atoms with van der Waals surface area (Å²) in [6, 6.07) is 11.9. The highest BCUT2D eigenvalue weighted by molar-refractivity contribution is 6.04. The molecule has 3 fully saturated rings. The van der Waals surface area contributed by atoms with Gasteiger partial charge in [-0.25, -0.2) is 0 Å². The summed E-state index contributed by atoms with van der Waals surface area (Å²) in [6.45, 7) is 1.78. The predicted octanol–water partition coefficient (Wildman–Crippen LogP) is 2.59. The molecular formula is C26H27N5O3. The average Bonchev–Trinajstić information content (AvgIpc) is 3.70. The van der Waals surface area contributed by atoms with Gasteiger partial charge in [0.15, 0.2) is 11.5 Å². The Bertz CT molecular complexity index is 1320. The number of likely N-dealkylation sites (tertiary alicyclic amines) is 1. The second-order valence-corrected chi connectivity index (χ2v) is 10.0. The van der Waals surface area contributed by atoms with Crippen molar-refractivity contribution in [3.63, 3.8) is 0 Å². The zero-order valence-corrected chi connectivity index (χ0v) is 19.1. The van der Waals surface area contributed by atoms with Gasteiger partial charge in [0.2, 0.25) is 5.91 Å². The number of carbonyl (C=O) groups excluding carboxylic acids is 3. The average molecular weight is 458 g/mol. The number of amides is 2. The van der Waals surface area contributed by atoms with Crippen LogP contribution in [0.3, 0.4) is 0 Å². The van der Waals surface area contributed by atoms with Gasteiger partial charge in [-0.3, -0.25) is 24.0 Å². The van der Waals surface area contributed by atoms with Gasteiger partial charge in [-0.15, -0.1) is 0 Å². The molecule has 174 valence electrons. The van der Waals surface area contributed by atoms with Gasteiger partial charge in [0.05, 0.1) is 17.8 Å². The Morgan fingerprint density at radius 1 is 1.12 bits per heavy atom. The highest BCUT2D eigenvalue weighted by Gasteiger charge is 2.56. The van der Waals surface area contributed by atoms with Crippen LogP contribution < -0.4 is 5.73 Å². The van der Waals surface area contributed by atoms with Crippen molar-refractivity contribution < 1.29 is 14.4 Å². The first-order chi connectivity index (χ1) is 16.4. The summed E-state index contributed by atoms with van der Waals surface area (Å²) in [5, 5.41) is 4.91. The molecule has 34 heavy (non-hydrogen) atoms. The summed E-state index contributed by atoms with van der Waals surface area (Å²) in [6.07, 6.45) is 4.88. The van der Waals surface area contributed by atoms with Crippen molar-refractivity contribution in [3.8, 4) is 0 Å². The highest BCUT2D eigenvalue weighted by atomic mass is 16.2. The van der Waals surface area contributed by atoms with Gasteiger partial charge in [0.1, 0.15) is 6.54 Å². The molecule has 6 rings (SSSR count). The molecule has 0 radical (unpaired) electrons. The number of Topliss-reactive ketones (excluding diaryl/α,β-unsaturated/α-hetero) is 1. The second kappa shape index (κ2) is 7.75. The first-order valence-corrected chi connectivity index (χ1v) is 11.9. The van der Waals surface area contributed by atoms with Crippen molar-refractivity contribution in [2.24, 2.45) is 17.6 Å². The summed E-state index contributed by atoms with van der Waals surface area (Å²) < 4.78 is 1.49. The lowest BCUT2D eigenvalue weighted by atomic mass is 10.00. The molecule has 1 saturated heterocycles. The monoisotopic (exact) mass is 457 g/mol. The third-order valence-electron chi connectivity index (χ3n) is 7.67. The molecular weight excluding hydrogens is 430 g/mol. The number of ketones is 1.